The monoisotopic (exact) mass is 427 g/mol. The van der Waals surface area contributed by atoms with Crippen molar-refractivity contribution in [3.8, 4) is 6.07 Å². The van der Waals surface area contributed by atoms with Crippen molar-refractivity contribution in [2.75, 3.05) is 0 Å². The number of fused-ring (bicyclic) bond motifs is 2. The predicted molar refractivity (Wildman–Crippen MR) is 130 cm³/mol. The van der Waals surface area contributed by atoms with Crippen LogP contribution < -0.4 is 5.69 Å². The van der Waals surface area contributed by atoms with Crippen LogP contribution in [0.2, 0.25) is 0 Å². The zero-order chi connectivity index (χ0) is 22.8. The van der Waals surface area contributed by atoms with E-state index in [0.717, 1.165) is 46.4 Å². The molecule has 2 aromatic heterocycles. The molecule has 4 rings (SSSR count). The third-order valence-corrected chi connectivity index (χ3v) is 5.84. The number of nitriles is 1. The second-order valence-electron chi connectivity index (χ2n) is 8.86. The SMILES string of the molecule is CC(C)CCn1c(Cn2c(=O)n(C(C)C)c3ccccc32)nc2c(C=CC#N)cccc21. The molecule has 32 heavy (non-hydrogen) atoms. The number of aromatic nitrogens is 4. The van der Waals surface area contributed by atoms with Gasteiger partial charge in [-0.2, -0.15) is 5.26 Å². The number of hydrogen-bond donors (Lipinski definition) is 0. The number of benzene rings is 2. The average molecular weight is 428 g/mol. The number of aryl methyl sites for hydroxylation is 1. The van der Waals surface area contributed by atoms with Gasteiger partial charge in [0.2, 0.25) is 0 Å². The minimum atomic E-state index is -0.0201. The Balaban J connectivity index is 1.91. The lowest BCUT2D eigenvalue weighted by Crippen LogP contribution is -2.27. The van der Waals surface area contributed by atoms with Crippen LogP contribution in [0.25, 0.3) is 28.1 Å². The lowest BCUT2D eigenvalue weighted by atomic mass is 10.1. The molecule has 0 saturated heterocycles. The maximum Gasteiger partial charge on any atom is 0.329 e. The van der Waals surface area contributed by atoms with Crippen LogP contribution in [0, 0.1) is 17.2 Å². The Morgan fingerprint density at radius 3 is 2.41 bits per heavy atom. The highest BCUT2D eigenvalue weighted by molar-refractivity contribution is 5.86. The molecule has 0 aliphatic heterocycles. The number of para-hydroxylation sites is 3. The van der Waals surface area contributed by atoms with Crippen molar-refractivity contribution in [3.63, 3.8) is 0 Å². The fourth-order valence-electron chi connectivity index (χ4n) is 4.26. The summed E-state index contributed by atoms with van der Waals surface area (Å²) >= 11 is 0. The number of rotatable bonds is 7. The standard InChI is InChI=1S/C26H29N5O/c1-18(2)14-16-29-23-13-7-9-20(10-8-15-27)25(23)28-24(29)17-30-21-11-5-6-12-22(21)31(19(3)4)26(30)32/h5-13,18-19H,14,16-17H2,1-4H3. The van der Waals surface area contributed by atoms with E-state index in [2.05, 4.69) is 30.6 Å². The van der Waals surface area contributed by atoms with E-state index in [1.807, 2.05) is 59.4 Å². The summed E-state index contributed by atoms with van der Waals surface area (Å²) < 4.78 is 5.90. The maximum absolute atomic E-state index is 13.4. The van der Waals surface area contributed by atoms with Crippen molar-refractivity contribution in [2.45, 2.75) is 53.2 Å². The summed E-state index contributed by atoms with van der Waals surface area (Å²) in [6, 6.07) is 16.1. The first-order valence-electron chi connectivity index (χ1n) is 11.2. The molecule has 0 atom stereocenters. The minimum Gasteiger partial charge on any atom is -0.326 e. The second-order valence-corrected chi connectivity index (χ2v) is 8.86. The molecular weight excluding hydrogens is 398 g/mol. The average Bonchev–Trinajstić information content (AvgIpc) is 3.26. The first-order chi connectivity index (χ1) is 15.4. The van der Waals surface area contributed by atoms with Gasteiger partial charge in [-0.1, -0.05) is 38.1 Å². The van der Waals surface area contributed by atoms with E-state index in [1.165, 1.54) is 6.08 Å². The Labute approximate surface area is 188 Å². The Hall–Kier alpha value is -3.59. The highest BCUT2D eigenvalue weighted by Gasteiger charge is 2.19. The highest BCUT2D eigenvalue weighted by Crippen LogP contribution is 2.24. The molecule has 0 aliphatic rings. The number of nitrogens with zero attached hydrogens (tertiary/aromatic N) is 5. The zero-order valence-corrected chi connectivity index (χ0v) is 19.1. The van der Waals surface area contributed by atoms with Crippen molar-refractivity contribution >= 4 is 28.1 Å². The van der Waals surface area contributed by atoms with E-state index in [-0.39, 0.29) is 11.7 Å². The second kappa shape index (κ2) is 8.88. The summed E-state index contributed by atoms with van der Waals surface area (Å²) in [6.07, 6.45) is 4.28. The van der Waals surface area contributed by atoms with Gasteiger partial charge in [-0.15, -0.1) is 0 Å². The van der Waals surface area contributed by atoms with Gasteiger partial charge in [-0.3, -0.25) is 9.13 Å². The Morgan fingerprint density at radius 1 is 1.00 bits per heavy atom. The molecule has 0 N–H and O–H groups in total. The topological polar surface area (TPSA) is 68.5 Å². The Bertz CT molecular complexity index is 1390. The molecule has 0 radical (unpaired) electrons. The summed E-state index contributed by atoms with van der Waals surface area (Å²) in [7, 11) is 0. The molecule has 4 aromatic rings. The molecule has 2 heterocycles. The molecule has 164 valence electrons. The summed E-state index contributed by atoms with van der Waals surface area (Å²) in [5.74, 6) is 1.40. The lowest BCUT2D eigenvalue weighted by Gasteiger charge is -2.12. The summed E-state index contributed by atoms with van der Waals surface area (Å²) in [4.78, 5) is 18.4. The van der Waals surface area contributed by atoms with E-state index in [4.69, 9.17) is 10.2 Å². The van der Waals surface area contributed by atoms with Crippen LogP contribution in [0.15, 0.2) is 53.3 Å². The molecule has 0 aliphatic carbocycles. The third kappa shape index (κ3) is 3.87. The largest absolute Gasteiger partial charge is 0.329 e. The molecule has 6 heteroatoms. The van der Waals surface area contributed by atoms with Crippen LogP contribution in [-0.2, 0) is 13.1 Å². The van der Waals surface area contributed by atoms with Crippen molar-refractivity contribution in [3.05, 3.63) is 70.4 Å². The van der Waals surface area contributed by atoms with Gasteiger partial charge in [-0.25, -0.2) is 9.78 Å². The van der Waals surface area contributed by atoms with Crippen LogP contribution in [0.5, 0.6) is 0 Å². The predicted octanol–water partition coefficient (Wildman–Crippen LogP) is 5.36. The molecule has 0 unspecified atom stereocenters. The molecule has 0 bridgehead atoms. The van der Waals surface area contributed by atoms with Gasteiger partial charge >= 0.3 is 5.69 Å². The normalized spacial score (nSPS) is 12.0. The number of hydrogen-bond acceptors (Lipinski definition) is 3. The molecule has 0 spiro atoms. The van der Waals surface area contributed by atoms with E-state index in [1.54, 1.807) is 6.08 Å². The minimum absolute atomic E-state index is 0.0201. The van der Waals surface area contributed by atoms with Gasteiger partial charge in [0.1, 0.15) is 5.82 Å². The van der Waals surface area contributed by atoms with Crippen LogP contribution in [0.4, 0.5) is 0 Å². The Kier molecular flexibility index (Phi) is 6.00. The number of allylic oxidation sites excluding steroid dienone is 1. The van der Waals surface area contributed by atoms with Gasteiger partial charge in [0.05, 0.1) is 34.7 Å². The fourth-order valence-corrected chi connectivity index (χ4v) is 4.26. The maximum atomic E-state index is 13.4. The van der Waals surface area contributed by atoms with Crippen LogP contribution in [-0.4, -0.2) is 18.7 Å². The Morgan fingerprint density at radius 2 is 1.72 bits per heavy atom. The number of imidazole rings is 2. The van der Waals surface area contributed by atoms with Crippen molar-refractivity contribution in [2.24, 2.45) is 5.92 Å². The fraction of sp³-hybridized carbons (Fsp3) is 0.346. The highest BCUT2D eigenvalue weighted by atomic mass is 16.1. The van der Waals surface area contributed by atoms with Crippen molar-refractivity contribution < 1.29 is 0 Å². The van der Waals surface area contributed by atoms with E-state index in [0.29, 0.717) is 12.5 Å². The molecule has 0 saturated carbocycles. The van der Waals surface area contributed by atoms with E-state index >= 15 is 0 Å². The van der Waals surface area contributed by atoms with Gasteiger partial charge in [0.15, 0.2) is 0 Å². The first-order valence-corrected chi connectivity index (χ1v) is 11.2. The molecule has 0 fully saturated rings. The van der Waals surface area contributed by atoms with E-state index < -0.39 is 0 Å². The molecular formula is C26H29N5O. The lowest BCUT2D eigenvalue weighted by molar-refractivity contribution is 0.504. The molecule has 6 nitrogen and oxygen atoms in total. The van der Waals surface area contributed by atoms with Gasteiger partial charge in [-0.05, 0) is 50.5 Å². The molecule has 0 amide bonds. The van der Waals surface area contributed by atoms with Crippen LogP contribution in [0.3, 0.4) is 0 Å². The summed E-state index contributed by atoms with van der Waals surface area (Å²) in [5.41, 5.74) is 4.63. The third-order valence-electron chi connectivity index (χ3n) is 5.84. The zero-order valence-electron chi connectivity index (χ0n) is 19.1. The summed E-state index contributed by atoms with van der Waals surface area (Å²) in [6.45, 7) is 9.70. The van der Waals surface area contributed by atoms with Gasteiger partial charge in [0, 0.05) is 24.2 Å². The van der Waals surface area contributed by atoms with Gasteiger partial charge < -0.3 is 4.57 Å². The van der Waals surface area contributed by atoms with Crippen molar-refractivity contribution in [1.82, 2.24) is 18.7 Å². The first kappa shape index (κ1) is 21.6. The van der Waals surface area contributed by atoms with Crippen LogP contribution >= 0.6 is 0 Å². The quantitative estimate of drug-likeness (QED) is 0.373. The van der Waals surface area contributed by atoms with Gasteiger partial charge in [0.25, 0.3) is 0 Å². The van der Waals surface area contributed by atoms with Crippen LogP contribution in [0.1, 0.15) is 51.5 Å². The van der Waals surface area contributed by atoms with E-state index in [9.17, 15) is 4.79 Å². The molecule has 2 aromatic carbocycles. The van der Waals surface area contributed by atoms with Crippen molar-refractivity contribution in [1.29, 1.82) is 5.26 Å². The smallest absolute Gasteiger partial charge is 0.326 e. The summed E-state index contributed by atoms with van der Waals surface area (Å²) in [5, 5.41) is 8.97.